The molecule has 4 nitrogen and oxygen atoms in total. The fraction of sp³-hybridized carbons (Fsp3) is 0.500. The van der Waals surface area contributed by atoms with Gasteiger partial charge in [-0.15, -0.1) is 0 Å². The molecule has 0 saturated heterocycles. The number of nitrogens with zero attached hydrogens (tertiary/aromatic N) is 1. The standard InChI is InChI=1S/C8H11NO3/c1-2-12-7(6-9)4-3-5-8(10)11/h3,5,7H,2,4H2,1H3,(H,10,11)/b5-3-. The first-order chi connectivity index (χ1) is 5.70. The maximum Gasteiger partial charge on any atom is 0.327 e. The highest BCUT2D eigenvalue weighted by Gasteiger charge is 2.02. The van der Waals surface area contributed by atoms with Gasteiger partial charge in [-0.3, -0.25) is 0 Å². The zero-order valence-corrected chi connectivity index (χ0v) is 6.86. The summed E-state index contributed by atoms with van der Waals surface area (Å²) in [4.78, 5) is 10.0. The van der Waals surface area contributed by atoms with Crippen LogP contribution >= 0.6 is 0 Å². The van der Waals surface area contributed by atoms with Crippen molar-refractivity contribution in [2.24, 2.45) is 0 Å². The van der Waals surface area contributed by atoms with Crippen LogP contribution in [-0.4, -0.2) is 23.8 Å². The molecule has 0 heterocycles. The van der Waals surface area contributed by atoms with E-state index in [-0.39, 0.29) is 0 Å². The molecule has 0 rings (SSSR count). The third-order valence-corrected chi connectivity index (χ3v) is 1.12. The largest absolute Gasteiger partial charge is 0.478 e. The second kappa shape index (κ2) is 6.38. The lowest BCUT2D eigenvalue weighted by molar-refractivity contribution is -0.131. The predicted octanol–water partition coefficient (Wildman–Crippen LogP) is 0.946. The minimum Gasteiger partial charge on any atom is -0.478 e. The molecule has 12 heavy (non-hydrogen) atoms. The van der Waals surface area contributed by atoms with Crippen molar-refractivity contribution in [2.75, 3.05) is 6.61 Å². The number of rotatable bonds is 5. The number of carboxylic acid groups (broad SMARTS) is 1. The minimum absolute atomic E-state index is 0.316. The second-order valence-electron chi connectivity index (χ2n) is 2.05. The van der Waals surface area contributed by atoms with Crippen LogP contribution in [-0.2, 0) is 9.53 Å². The molecule has 0 fully saturated rings. The summed E-state index contributed by atoms with van der Waals surface area (Å²) in [6, 6.07) is 1.91. The predicted molar refractivity (Wildman–Crippen MR) is 42.4 cm³/mol. The summed E-state index contributed by atoms with van der Waals surface area (Å²) in [5, 5.41) is 16.7. The van der Waals surface area contributed by atoms with Crippen LogP contribution < -0.4 is 0 Å². The van der Waals surface area contributed by atoms with Crippen LogP contribution in [0.4, 0.5) is 0 Å². The molecular weight excluding hydrogens is 158 g/mol. The Bertz CT molecular complexity index is 205. The molecule has 66 valence electrons. The monoisotopic (exact) mass is 169 g/mol. The van der Waals surface area contributed by atoms with Crippen molar-refractivity contribution < 1.29 is 14.6 Å². The molecule has 0 aromatic heterocycles. The molecule has 4 heteroatoms. The van der Waals surface area contributed by atoms with Gasteiger partial charge in [-0.1, -0.05) is 6.08 Å². The fourth-order valence-electron chi connectivity index (χ4n) is 0.652. The molecule has 0 radical (unpaired) electrons. The summed E-state index contributed by atoms with van der Waals surface area (Å²) in [5.74, 6) is -1.01. The fourth-order valence-corrected chi connectivity index (χ4v) is 0.652. The van der Waals surface area contributed by atoms with Crippen LogP contribution in [0, 0.1) is 11.3 Å². The van der Waals surface area contributed by atoms with E-state index < -0.39 is 12.1 Å². The van der Waals surface area contributed by atoms with Gasteiger partial charge >= 0.3 is 5.97 Å². The average Bonchev–Trinajstić information content (AvgIpc) is 2.02. The summed E-state index contributed by atoms with van der Waals surface area (Å²) in [6.07, 6.45) is 2.19. The average molecular weight is 169 g/mol. The molecular formula is C8H11NO3. The van der Waals surface area contributed by atoms with Crippen LogP contribution in [0.5, 0.6) is 0 Å². The number of aliphatic carboxylic acids is 1. The highest BCUT2D eigenvalue weighted by atomic mass is 16.5. The van der Waals surface area contributed by atoms with Gasteiger partial charge in [-0.2, -0.15) is 5.26 Å². The molecule has 0 bridgehead atoms. The Morgan fingerprint density at radius 3 is 2.92 bits per heavy atom. The van der Waals surface area contributed by atoms with E-state index in [1.165, 1.54) is 6.08 Å². The van der Waals surface area contributed by atoms with E-state index in [9.17, 15) is 4.79 Å². The topological polar surface area (TPSA) is 70.3 Å². The molecule has 0 saturated carbocycles. The molecule has 1 atom stereocenters. The van der Waals surface area contributed by atoms with Gasteiger partial charge in [0.1, 0.15) is 6.10 Å². The Labute approximate surface area is 71.1 Å². The number of hydrogen-bond donors (Lipinski definition) is 1. The zero-order valence-electron chi connectivity index (χ0n) is 6.86. The number of nitriles is 1. The molecule has 1 unspecified atom stereocenters. The molecule has 0 amide bonds. The first-order valence-electron chi connectivity index (χ1n) is 3.61. The zero-order chi connectivity index (χ0) is 9.40. The third kappa shape index (κ3) is 5.45. The normalized spacial score (nSPS) is 12.7. The van der Waals surface area contributed by atoms with Crippen molar-refractivity contribution in [1.82, 2.24) is 0 Å². The molecule has 1 N–H and O–H groups in total. The number of ether oxygens (including phenoxy) is 1. The molecule has 0 aromatic rings. The van der Waals surface area contributed by atoms with E-state index in [2.05, 4.69) is 0 Å². The van der Waals surface area contributed by atoms with Crippen molar-refractivity contribution >= 4 is 5.97 Å². The number of hydrogen-bond acceptors (Lipinski definition) is 3. The molecule has 0 aliphatic carbocycles. The van der Waals surface area contributed by atoms with Crippen molar-refractivity contribution in [1.29, 1.82) is 5.26 Å². The van der Waals surface area contributed by atoms with Gasteiger partial charge in [-0.25, -0.2) is 4.79 Å². The lowest BCUT2D eigenvalue weighted by Crippen LogP contribution is -2.08. The summed E-state index contributed by atoms with van der Waals surface area (Å²) in [5.41, 5.74) is 0. The van der Waals surface area contributed by atoms with Crippen molar-refractivity contribution in [3.63, 3.8) is 0 Å². The van der Waals surface area contributed by atoms with E-state index in [0.29, 0.717) is 13.0 Å². The van der Waals surface area contributed by atoms with Crippen LogP contribution in [0.25, 0.3) is 0 Å². The van der Waals surface area contributed by atoms with Gasteiger partial charge in [-0.05, 0) is 6.92 Å². The van der Waals surface area contributed by atoms with E-state index in [1.54, 1.807) is 6.92 Å². The summed E-state index contributed by atoms with van der Waals surface area (Å²) in [7, 11) is 0. The Morgan fingerprint density at radius 2 is 2.50 bits per heavy atom. The first-order valence-corrected chi connectivity index (χ1v) is 3.61. The molecule has 0 aromatic carbocycles. The molecule has 0 aliphatic rings. The van der Waals surface area contributed by atoms with E-state index in [0.717, 1.165) is 6.08 Å². The Kier molecular flexibility index (Phi) is 5.66. The Balaban J connectivity index is 3.73. The van der Waals surface area contributed by atoms with Gasteiger partial charge in [0, 0.05) is 19.1 Å². The smallest absolute Gasteiger partial charge is 0.327 e. The van der Waals surface area contributed by atoms with Gasteiger partial charge in [0.15, 0.2) is 0 Å². The summed E-state index contributed by atoms with van der Waals surface area (Å²) < 4.78 is 4.97. The first kappa shape index (κ1) is 10.7. The van der Waals surface area contributed by atoms with E-state index in [4.69, 9.17) is 15.1 Å². The second-order valence-corrected chi connectivity index (χ2v) is 2.05. The van der Waals surface area contributed by atoms with Crippen molar-refractivity contribution in [3.05, 3.63) is 12.2 Å². The van der Waals surface area contributed by atoms with Crippen LogP contribution in [0.3, 0.4) is 0 Å². The van der Waals surface area contributed by atoms with E-state index in [1.807, 2.05) is 6.07 Å². The quantitative estimate of drug-likeness (QED) is 0.622. The lowest BCUT2D eigenvalue weighted by Gasteiger charge is -2.03. The van der Waals surface area contributed by atoms with Crippen molar-refractivity contribution in [3.8, 4) is 6.07 Å². The SMILES string of the molecule is CCOC(C#N)C/C=C\C(=O)O. The third-order valence-electron chi connectivity index (χ3n) is 1.12. The Morgan fingerprint density at radius 1 is 1.83 bits per heavy atom. The van der Waals surface area contributed by atoms with Crippen LogP contribution in [0.1, 0.15) is 13.3 Å². The van der Waals surface area contributed by atoms with Crippen LogP contribution in [0.2, 0.25) is 0 Å². The number of carboxylic acids is 1. The minimum atomic E-state index is -1.01. The van der Waals surface area contributed by atoms with Gasteiger partial charge in [0.2, 0.25) is 0 Å². The summed E-state index contributed by atoms with van der Waals surface area (Å²) in [6.45, 7) is 2.24. The van der Waals surface area contributed by atoms with E-state index >= 15 is 0 Å². The highest BCUT2D eigenvalue weighted by molar-refractivity contribution is 5.79. The lowest BCUT2D eigenvalue weighted by atomic mass is 10.2. The van der Waals surface area contributed by atoms with Gasteiger partial charge < -0.3 is 9.84 Å². The maximum absolute atomic E-state index is 10.0. The van der Waals surface area contributed by atoms with Crippen molar-refractivity contribution in [2.45, 2.75) is 19.4 Å². The van der Waals surface area contributed by atoms with Gasteiger partial charge in [0.25, 0.3) is 0 Å². The van der Waals surface area contributed by atoms with Crippen LogP contribution in [0.15, 0.2) is 12.2 Å². The highest BCUT2D eigenvalue weighted by Crippen LogP contribution is 1.97. The molecule has 0 spiro atoms. The number of carbonyl (C=O) groups is 1. The maximum atomic E-state index is 10.0. The molecule has 0 aliphatic heterocycles. The summed E-state index contributed by atoms with van der Waals surface area (Å²) >= 11 is 0. The Hall–Kier alpha value is -1.34. The van der Waals surface area contributed by atoms with Gasteiger partial charge in [0.05, 0.1) is 6.07 Å².